The van der Waals surface area contributed by atoms with Gasteiger partial charge in [-0.05, 0) is 12.8 Å². The topological polar surface area (TPSA) is 67.8 Å². The van der Waals surface area contributed by atoms with Gasteiger partial charge in [-0.15, -0.1) is 0 Å². The van der Waals surface area contributed by atoms with Gasteiger partial charge in [-0.2, -0.15) is 0 Å². The number of rotatable bonds is 4. The average Bonchev–Trinajstić information content (AvgIpc) is 3.03. The van der Waals surface area contributed by atoms with Gasteiger partial charge in [-0.3, -0.25) is 9.69 Å². The quantitative estimate of drug-likeness (QED) is 0.803. The largest absolute Gasteiger partial charge is 0.494 e. The summed E-state index contributed by atoms with van der Waals surface area (Å²) in [6, 6.07) is 0.247. The van der Waals surface area contributed by atoms with Crippen LogP contribution in [0.1, 0.15) is 23.5 Å². The van der Waals surface area contributed by atoms with E-state index in [0.717, 1.165) is 52.2 Å². The van der Waals surface area contributed by atoms with Gasteiger partial charge in [-0.25, -0.2) is 9.97 Å². The second-order valence-electron chi connectivity index (χ2n) is 5.65. The van der Waals surface area contributed by atoms with Gasteiger partial charge in [0.1, 0.15) is 0 Å². The smallest absolute Gasteiger partial charge is 0.291 e. The number of morpholine rings is 1. The highest BCUT2D eigenvalue weighted by molar-refractivity contribution is 5.90. The molecule has 1 unspecified atom stereocenters. The molecule has 2 aliphatic rings. The van der Waals surface area contributed by atoms with E-state index >= 15 is 0 Å². The first-order chi connectivity index (χ1) is 10.8. The fourth-order valence-electron chi connectivity index (χ4n) is 3.04. The molecule has 2 saturated heterocycles. The van der Waals surface area contributed by atoms with Crippen LogP contribution >= 0.6 is 0 Å². The predicted octanol–water partition coefficient (Wildman–Crippen LogP) is 0.422. The summed E-state index contributed by atoms with van der Waals surface area (Å²) in [6.45, 7) is 5.13. The minimum Gasteiger partial charge on any atom is -0.494 e. The van der Waals surface area contributed by atoms with Crippen molar-refractivity contribution < 1.29 is 14.3 Å². The Balaban J connectivity index is 1.64. The van der Waals surface area contributed by atoms with Crippen LogP contribution in [-0.2, 0) is 4.74 Å². The highest BCUT2D eigenvalue weighted by atomic mass is 16.5. The Labute approximate surface area is 130 Å². The Hall–Kier alpha value is -1.73. The number of hydrogen-bond acceptors (Lipinski definition) is 6. The Morgan fingerprint density at radius 3 is 2.73 bits per heavy atom. The first-order valence-electron chi connectivity index (χ1n) is 7.75. The van der Waals surface area contributed by atoms with E-state index in [1.165, 1.54) is 12.4 Å². The zero-order valence-electron chi connectivity index (χ0n) is 12.9. The molecule has 3 rings (SSSR count). The first-order valence-corrected chi connectivity index (χ1v) is 7.75. The Morgan fingerprint density at radius 1 is 1.32 bits per heavy atom. The molecule has 2 fully saturated rings. The van der Waals surface area contributed by atoms with E-state index in [2.05, 4.69) is 14.9 Å². The molecule has 0 spiro atoms. The minimum atomic E-state index is -0.0848. The lowest BCUT2D eigenvalue weighted by molar-refractivity contribution is 0.0259. The predicted molar refractivity (Wildman–Crippen MR) is 79.9 cm³/mol. The summed E-state index contributed by atoms with van der Waals surface area (Å²) in [5.74, 6) is 0.718. The Bertz CT molecular complexity index is 502. The highest BCUT2D eigenvalue weighted by Crippen LogP contribution is 2.20. The van der Waals surface area contributed by atoms with Gasteiger partial charge in [0.25, 0.3) is 5.91 Å². The molecule has 1 amide bonds. The number of likely N-dealkylation sites (tertiary alicyclic amines) is 1. The summed E-state index contributed by atoms with van der Waals surface area (Å²) >= 11 is 0. The maximum atomic E-state index is 12.6. The molecule has 1 atom stereocenters. The third kappa shape index (κ3) is 3.36. The summed E-state index contributed by atoms with van der Waals surface area (Å²) in [6.07, 6.45) is 5.15. The molecular weight excluding hydrogens is 284 g/mol. The number of nitrogens with zero attached hydrogens (tertiary/aromatic N) is 4. The van der Waals surface area contributed by atoms with Crippen molar-refractivity contribution in [3.05, 3.63) is 18.2 Å². The number of ether oxygens (including phenoxy) is 2. The van der Waals surface area contributed by atoms with E-state index in [-0.39, 0.29) is 17.8 Å². The molecule has 1 aromatic rings. The average molecular weight is 306 g/mol. The number of hydrogen-bond donors (Lipinski definition) is 0. The molecule has 1 aromatic heterocycles. The molecule has 0 radical (unpaired) electrons. The van der Waals surface area contributed by atoms with Gasteiger partial charge in [0.05, 0.1) is 32.7 Å². The van der Waals surface area contributed by atoms with Crippen LogP contribution < -0.4 is 4.74 Å². The van der Waals surface area contributed by atoms with Crippen LogP contribution in [0.25, 0.3) is 0 Å². The van der Waals surface area contributed by atoms with Crippen LogP contribution in [0.4, 0.5) is 0 Å². The summed E-state index contributed by atoms with van der Waals surface area (Å²) in [4.78, 5) is 25.1. The number of methoxy groups -OCH3 is 1. The maximum absolute atomic E-state index is 12.6. The minimum absolute atomic E-state index is 0.0848. The normalized spacial score (nSPS) is 22.8. The van der Waals surface area contributed by atoms with Crippen molar-refractivity contribution in [2.45, 2.75) is 18.9 Å². The van der Waals surface area contributed by atoms with Crippen LogP contribution in [0.5, 0.6) is 5.75 Å². The Morgan fingerprint density at radius 2 is 2.05 bits per heavy atom. The molecule has 2 aliphatic heterocycles. The van der Waals surface area contributed by atoms with E-state index in [0.29, 0.717) is 5.75 Å². The number of amides is 1. The number of carbonyl (C=O) groups is 1. The molecule has 7 heteroatoms. The second-order valence-corrected chi connectivity index (χ2v) is 5.65. The lowest BCUT2D eigenvalue weighted by atomic mass is 10.2. The van der Waals surface area contributed by atoms with E-state index in [4.69, 9.17) is 9.47 Å². The number of carbonyl (C=O) groups excluding carboxylic acids is 1. The fourth-order valence-corrected chi connectivity index (χ4v) is 3.04. The van der Waals surface area contributed by atoms with Crippen LogP contribution in [0, 0.1) is 0 Å². The standard InChI is InChI=1S/C15H22N4O3/c1-21-13-9-16-14(17-10-13)15(20)19-4-2-3-12(19)11-18-5-7-22-8-6-18/h9-10,12H,2-8,11H2,1H3. The molecule has 0 aliphatic carbocycles. The van der Waals surface area contributed by atoms with E-state index < -0.39 is 0 Å². The van der Waals surface area contributed by atoms with Crippen LogP contribution in [0.2, 0.25) is 0 Å². The summed E-state index contributed by atoms with van der Waals surface area (Å²) in [5, 5.41) is 0. The molecule has 7 nitrogen and oxygen atoms in total. The third-order valence-electron chi connectivity index (χ3n) is 4.27. The first kappa shape index (κ1) is 15.2. The molecular formula is C15H22N4O3. The van der Waals surface area contributed by atoms with Crippen LogP contribution in [0.15, 0.2) is 12.4 Å². The molecule has 0 aromatic carbocycles. The summed E-state index contributed by atoms with van der Waals surface area (Å²) in [7, 11) is 1.55. The molecule has 22 heavy (non-hydrogen) atoms. The lowest BCUT2D eigenvalue weighted by Gasteiger charge is -2.32. The van der Waals surface area contributed by atoms with Gasteiger partial charge < -0.3 is 14.4 Å². The van der Waals surface area contributed by atoms with Crippen molar-refractivity contribution >= 4 is 5.91 Å². The van der Waals surface area contributed by atoms with Crippen molar-refractivity contribution in [2.75, 3.05) is 46.5 Å². The zero-order chi connectivity index (χ0) is 15.4. The van der Waals surface area contributed by atoms with Gasteiger partial charge >= 0.3 is 0 Å². The van der Waals surface area contributed by atoms with Crippen LogP contribution in [0.3, 0.4) is 0 Å². The van der Waals surface area contributed by atoms with Gasteiger partial charge in [0.2, 0.25) is 5.82 Å². The van der Waals surface area contributed by atoms with Crippen molar-refractivity contribution in [1.82, 2.24) is 19.8 Å². The lowest BCUT2D eigenvalue weighted by Crippen LogP contribution is -2.47. The fraction of sp³-hybridized carbons (Fsp3) is 0.667. The molecule has 0 saturated carbocycles. The van der Waals surface area contributed by atoms with E-state index in [1.807, 2.05) is 4.90 Å². The van der Waals surface area contributed by atoms with E-state index in [9.17, 15) is 4.79 Å². The molecule has 120 valence electrons. The molecule has 0 bridgehead atoms. The van der Waals surface area contributed by atoms with Gasteiger partial charge in [0, 0.05) is 32.2 Å². The maximum Gasteiger partial charge on any atom is 0.291 e. The monoisotopic (exact) mass is 306 g/mol. The summed E-state index contributed by atoms with van der Waals surface area (Å²) in [5.41, 5.74) is 0. The van der Waals surface area contributed by atoms with Gasteiger partial charge in [-0.1, -0.05) is 0 Å². The van der Waals surface area contributed by atoms with E-state index in [1.54, 1.807) is 7.11 Å². The SMILES string of the molecule is COc1cnc(C(=O)N2CCCC2CN2CCOCC2)nc1. The van der Waals surface area contributed by atoms with Gasteiger partial charge in [0.15, 0.2) is 5.75 Å². The second kappa shape index (κ2) is 7.02. The number of aromatic nitrogens is 2. The van der Waals surface area contributed by atoms with Crippen LogP contribution in [-0.4, -0.2) is 78.2 Å². The zero-order valence-corrected chi connectivity index (χ0v) is 12.9. The summed E-state index contributed by atoms with van der Waals surface area (Å²) < 4.78 is 10.4. The Kier molecular flexibility index (Phi) is 4.84. The van der Waals surface area contributed by atoms with Crippen molar-refractivity contribution in [3.63, 3.8) is 0 Å². The van der Waals surface area contributed by atoms with Crippen molar-refractivity contribution in [3.8, 4) is 5.75 Å². The van der Waals surface area contributed by atoms with Crippen molar-refractivity contribution in [2.24, 2.45) is 0 Å². The molecule has 0 N–H and O–H groups in total. The van der Waals surface area contributed by atoms with Crippen molar-refractivity contribution in [1.29, 1.82) is 0 Å². The molecule has 3 heterocycles. The highest BCUT2D eigenvalue weighted by Gasteiger charge is 2.32. The third-order valence-corrected chi connectivity index (χ3v) is 4.27.